The van der Waals surface area contributed by atoms with Crippen LogP contribution in [-0.2, 0) is 0 Å². The van der Waals surface area contributed by atoms with Crippen molar-refractivity contribution in [1.29, 1.82) is 0 Å². The van der Waals surface area contributed by atoms with Gasteiger partial charge in [-0.05, 0) is 72.6 Å². The van der Waals surface area contributed by atoms with Crippen LogP contribution in [0.4, 0.5) is 0 Å². The third-order valence-electron chi connectivity index (χ3n) is 7.48. The number of aromatic nitrogens is 2. The summed E-state index contributed by atoms with van der Waals surface area (Å²) < 4.78 is 6.97. The number of rotatable bonds is 10. The van der Waals surface area contributed by atoms with E-state index in [0.717, 1.165) is 42.1 Å². The zero-order valence-electron chi connectivity index (χ0n) is 23.3. The van der Waals surface area contributed by atoms with Gasteiger partial charge in [0.05, 0.1) is 29.7 Å². The second-order valence-corrected chi connectivity index (χ2v) is 10.1. The molecule has 0 fully saturated rings. The predicted molar refractivity (Wildman–Crippen MR) is 161 cm³/mol. The Balaban J connectivity index is 1.65. The van der Waals surface area contributed by atoms with Gasteiger partial charge in [-0.2, -0.15) is 0 Å². The Hall–Kier alpha value is -4.45. The van der Waals surface area contributed by atoms with E-state index in [4.69, 9.17) is 9.72 Å². The van der Waals surface area contributed by atoms with E-state index in [1.165, 1.54) is 0 Å². The number of nitrogens with zero attached hydrogens (tertiary/aromatic N) is 3. The molecule has 0 aliphatic rings. The molecule has 40 heavy (non-hydrogen) atoms. The first-order valence-electron chi connectivity index (χ1n) is 14.0. The summed E-state index contributed by atoms with van der Waals surface area (Å²) >= 11 is 0. The average Bonchev–Trinajstić information content (AvgIpc) is 3.00. The molecule has 0 spiro atoms. The van der Waals surface area contributed by atoms with Crippen molar-refractivity contribution >= 4 is 27.6 Å². The lowest BCUT2D eigenvalue weighted by Gasteiger charge is -2.31. The van der Waals surface area contributed by atoms with Crippen molar-refractivity contribution in [1.82, 2.24) is 14.5 Å². The van der Waals surface area contributed by atoms with Gasteiger partial charge in [-0.15, -0.1) is 0 Å². The van der Waals surface area contributed by atoms with Gasteiger partial charge in [0.1, 0.15) is 11.6 Å². The summed E-state index contributed by atoms with van der Waals surface area (Å²) in [6.07, 6.45) is 4.11. The van der Waals surface area contributed by atoms with Crippen LogP contribution in [-0.4, -0.2) is 34.0 Å². The molecule has 0 saturated carbocycles. The summed E-state index contributed by atoms with van der Waals surface area (Å²) in [5.41, 5.74) is 1.77. The lowest BCUT2D eigenvalue weighted by atomic mass is 10.1. The molecule has 204 valence electrons. The second kappa shape index (κ2) is 12.2. The van der Waals surface area contributed by atoms with E-state index in [1.54, 1.807) is 35.9 Å². The van der Waals surface area contributed by atoms with Crippen LogP contribution >= 0.6 is 0 Å². The van der Waals surface area contributed by atoms with Crippen molar-refractivity contribution in [2.75, 3.05) is 13.7 Å². The highest BCUT2D eigenvalue weighted by Gasteiger charge is 2.27. The van der Waals surface area contributed by atoms with Crippen LogP contribution < -0.4 is 10.3 Å². The van der Waals surface area contributed by atoms with E-state index < -0.39 is 6.04 Å². The maximum atomic E-state index is 14.0. The number of methoxy groups -OCH3 is 1. The van der Waals surface area contributed by atoms with Crippen molar-refractivity contribution in [3.8, 4) is 11.4 Å². The summed E-state index contributed by atoms with van der Waals surface area (Å²) in [4.78, 5) is 34.9. The first-order chi connectivity index (χ1) is 19.5. The van der Waals surface area contributed by atoms with Crippen molar-refractivity contribution < 1.29 is 9.53 Å². The minimum absolute atomic E-state index is 0.0980. The van der Waals surface area contributed by atoms with E-state index in [9.17, 15) is 9.59 Å². The largest absolute Gasteiger partial charge is 0.497 e. The molecule has 1 heterocycles. The van der Waals surface area contributed by atoms with Crippen molar-refractivity contribution in [2.45, 2.75) is 45.6 Å². The van der Waals surface area contributed by atoms with Crippen LogP contribution in [0.3, 0.4) is 0 Å². The Kier molecular flexibility index (Phi) is 8.25. The number of para-hydroxylation sites is 1. The van der Waals surface area contributed by atoms with Crippen LogP contribution in [0.25, 0.3) is 27.4 Å². The molecular formula is C34H35N3O3. The molecule has 4 aromatic carbocycles. The maximum Gasteiger partial charge on any atom is 0.266 e. The number of amides is 1. The van der Waals surface area contributed by atoms with Gasteiger partial charge in [-0.1, -0.05) is 68.7 Å². The normalized spacial score (nSPS) is 12.0. The summed E-state index contributed by atoms with van der Waals surface area (Å²) in [6, 6.07) is 28.2. The van der Waals surface area contributed by atoms with Gasteiger partial charge >= 0.3 is 0 Å². The number of carbonyl (C=O) groups is 1. The molecule has 0 aliphatic carbocycles. The molecule has 1 unspecified atom stereocenters. The number of hydrogen-bond acceptors (Lipinski definition) is 4. The molecule has 1 atom stereocenters. The Bertz CT molecular complexity index is 1690. The second-order valence-electron chi connectivity index (χ2n) is 10.1. The van der Waals surface area contributed by atoms with E-state index in [-0.39, 0.29) is 11.5 Å². The molecule has 0 radical (unpaired) electrons. The molecule has 5 rings (SSSR count). The number of hydrogen-bond donors (Lipinski definition) is 0. The van der Waals surface area contributed by atoms with Crippen LogP contribution in [0, 0.1) is 0 Å². The molecule has 6 heteroatoms. The third kappa shape index (κ3) is 5.48. The fourth-order valence-electron chi connectivity index (χ4n) is 5.21. The predicted octanol–water partition coefficient (Wildman–Crippen LogP) is 7.33. The Morgan fingerprint density at radius 1 is 0.900 bits per heavy atom. The maximum absolute atomic E-state index is 14.0. The molecule has 0 saturated heterocycles. The molecular weight excluding hydrogens is 498 g/mol. The van der Waals surface area contributed by atoms with E-state index in [2.05, 4.69) is 13.0 Å². The van der Waals surface area contributed by atoms with E-state index >= 15 is 0 Å². The summed E-state index contributed by atoms with van der Waals surface area (Å²) in [5.74, 6) is 1.14. The highest BCUT2D eigenvalue weighted by atomic mass is 16.5. The highest BCUT2D eigenvalue weighted by molar-refractivity contribution is 5.94. The Morgan fingerprint density at radius 3 is 2.38 bits per heavy atom. The van der Waals surface area contributed by atoms with Gasteiger partial charge < -0.3 is 9.64 Å². The molecule has 6 nitrogen and oxygen atoms in total. The quantitative estimate of drug-likeness (QED) is 0.176. The molecule has 0 bridgehead atoms. The number of ether oxygens (including phenoxy) is 1. The molecule has 0 N–H and O–H groups in total. The van der Waals surface area contributed by atoms with Gasteiger partial charge in [0.2, 0.25) is 0 Å². The van der Waals surface area contributed by atoms with Crippen molar-refractivity contribution in [2.24, 2.45) is 0 Å². The van der Waals surface area contributed by atoms with Gasteiger partial charge in [0, 0.05) is 12.1 Å². The van der Waals surface area contributed by atoms with Crippen molar-refractivity contribution in [3.05, 3.63) is 113 Å². The SMILES string of the molecule is CCCCCCN(C(=O)c1ccc(OC)cc1)C(C)c1nc2ccccc2c(=O)n1-c1ccc2ccccc2c1. The van der Waals surface area contributed by atoms with Gasteiger partial charge in [0.25, 0.3) is 11.5 Å². The van der Waals surface area contributed by atoms with Crippen LogP contribution in [0.2, 0.25) is 0 Å². The first kappa shape index (κ1) is 27.1. The molecule has 1 amide bonds. The summed E-state index contributed by atoms with van der Waals surface area (Å²) in [5, 5.41) is 2.67. The van der Waals surface area contributed by atoms with Gasteiger partial charge in [-0.25, -0.2) is 4.98 Å². The molecule has 5 aromatic rings. The number of carbonyl (C=O) groups excluding carboxylic acids is 1. The number of benzene rings is 4. The van der Waals surface area contributed by atoms with Gasteiger partial charge in [0.15, 0.2) is 0 Å². The van der Waals surface area contributed by atoms with E-state index in [0.29, 0.717) is 34.6 Å². The highest BCUT2D eigenvalue weighted by Crippen LogP contribution is 2.27. The van der Waals surface area contributed by atoms with Gasteiger partial charge in [-0.3, -0.25) is 14.2 Å². The number of fused-ring (bicyclic) bond motifs is 2. The number of unbranched alkanes of at least 4 members (excludes halogenated alkanes) is 3. The smallest absolute Gasteiger partial charge is 0.266 e. The monoisotopic (exact) mass is 533 g/mol. The Labute approximate surface area is 234 Å². The van der Waals surface area contributed by atoms with Crippen LogP contribution in [0.15, 0.2) is 95.8 Å². The average molecular weight is 534 g/mol. The van der Waals surface area contributed by atoms with E-state index in [1.807, 2.05) is 72.5 Å². The summed E-state index contributed by atoms with van der Waals surface area (Å²) in [7, 11) is 1.61. The fraction of sp³-hybridized carbons (Fsp3) is 0.265. The standard InChI is InChI=1S/C34H35N3O3/c1-4-5-6-11-22-36(33(38)26-17-20-29(40-3)21-18-26)24(2)32-35-31-15-10-9-14-30(31)34(39)37(32)28-19-16-25-12-7-8-13-27(25)23-28/h7-10,12-21,23-24H,4-6,11,22H2,1-3H3. The third-order valence-corrected chi connectivity index (χ3v) is 7.48. The molecule has 1 aromatic heterocycles. The molecule has 0 aliphatic heterocycles. The minimum atomic E-state index is -0.458. The fourth-order valence-corrected chi connectivity index (χ4v) is 5.21. The van der Waals surface area contributed by atoms with Crippen molar-refractivity contribution in [3.63, 3.8) is 0 Å². The first-order valence-corrected chi connectivity index (χ1v) is 14.0. The zero-order valence-corrected chi connectivity index (χ0v) is 23.3. The Morgan fingerprint density at radius 2 is 1.62 bits per heavy atom. The minimum Gasteiger partial charge on any atom is -0.497 e. The lowest BCUT2D eigenvalue weighted by Crippen LogP contribution is -2.38. The zero-order chi connectivity index (χ0) is 28.1. The lowest BCUT2D eigenvalue weighted by molar-refractivity contribution is 0.0677. The van der Waals surface area contributed by atoms with Crippen LogP contribution in [0.1, 0.15) is 61.8 Å². The summed E-state index contributed by atoms with van der Waals surface area (Å²) in [6.45, 7) is 4.70. The topological polar surface area (TPSA) is 64.4 Å². The van der Waals surface area contributed by atoms with Crippen LogP contribution in [0.5, 0.6) is 5.75 Å².